The van der Waals surface area contributed by atoms with Gasteiger partial charge in [-0.3, -0.25) is 4.79 Å². The number of hydrogen-bond donors (Lipinski definition) is 0. The molecular formula is C29H28N2O3S2. The minimum absolute atomic E-state index is 0.0654. The average molecular weight is 517 g/mol. The largest absolute Gasteiger partial charge is 0.399 e. The first kappa shape index (κ1) is 25.7. The van der Waals surface area contributed by atoms with E-state index >= 15 is 0 Å². The fourth-order valence-electron chi connectivity index (χ4n) is 4.41. The van der Waals surface area contributed by atoms with Crippen LogP contribution in [0.5, 0.6) is 0 Å². The lowest BCUT2D eigenvalue weighted by atomic mass is 10.0. The number of thiophene rings is 1. The van der Waals surface area contributed by atoms with E-state index in [0.29, 0.717) is 5.56 Å². The lowest BCUT2D eigenvalue weighted by molar-refractivity contribution is -0.106. The van der Waals surface area contributed by atoms with Crippen molar-refractivity contribution < 1.29 is 14.4 Å². The molecule has 0 aliphatic heterocycles. The molecule has 0 amide bonds. The molecule has 0 saturated heterocycles. The number of thioether (sulfide) groups is 1. The molecule has 0 saturated carbocycles. The average Bonchev–Trinajstić information content (AvgIpc) is 3.47. The number of carbonyl (C=O) groups is 2. The number of carbonyl (C=O) groups excluding carboxylic acids is 2. The van der Waals surface area contributed by atoms with Crippen LogP contribution in [-0.2, 0) is 16.2 Å². The molecule has 2 heterocycles. The summed E-state index contributed by atoms with van der Waals surface area (Å²) in [6.07, 6.45) is 2.80. The number of nitrogens with zero attached hydrogens (tertiary/aromatic N) is 2. The van der Waals surface area contributed by atoms with Crippen LogP contribution < -0.4 is 0 Å². The Balaban J connectivity index is 0.000000967. The minimum Gasteiger partial charge on any atom is -0.399 e. The smallest absolute Gasteiger partial charge is 0.203 e. The summed E-state index contributed by atoms with van der Waals surface area (Å²) >= 11 is 3.26. The number of oxime groups is 1. The van der Waals surface area contributed by atoms with Crippen LogP contribution in [-0.4, -0.2) is 41.5 Å². The van der Waals surface area contributed by atoms with Gasteiger partial charge in [0.05, 0.1) is 10.6 Å². The van der Waals surface area contributed by atoms with Crippen LogP contribution >= 0.6 is 23.1 Å². The number of rotatable bonds is 7. The van der Waals surface area contributed by atoms with Crippen molar-refractivity contribution in [1.82, 2.24) is 4.57 Å². The Morgan fingerprint density at radius 1 is 1.03 bits per heavy atom. The maximum Gasteiger partial charge on any atom is 0.203 e. The number of aromatic nitrogens is 1. The Kier molecular flexibility index (Phi) is 8.23. The van der Waals surface area contributed by atoms with Crippen LogP contribution in [0.15, 0.2) is 71.9 Å². The fourth-order valence-corrected chi connectivity index (χ4v) is 5.93. The third kappa shape index (κ3) is 4.94. The van der Waals surface area contributed by atoms with Gasteiger partial charge in [-0.25, -0.2) is 0 Å². The second-order valence-corrected chi connectivity index (χ2v) is 10.0. The molecular weight excluding hydrogens is 488 g/mol. The molecule has 0 N–H and O–H groups in total. The van der Waals surface area contributed by atoms with Crippen LogP contribution in [0.4, 0.5) is 0 Å². The van der Waals surface area contributed by atoms with Gasteiger partial charge in [-0.05, 0) is 68.0 Å². The molecule has 0 atom stereocenters. The molecule has 0 aliphatic rings. The van der Waals surface area contributed by atoms with Gasteiger partial charge < -0.3 is 14.2 Å². The van der Waals surface area contributed by atoms with Gasteiger partial charge in [0.25, 0.3) is 0 Å². The highest BCUT2D eigenvalue weighted by Crippen LogP contribution is 2.33. The van der Waals surface area contributed by atoms with Gasteiger partial charge in [-0.15, -0.1) is 11.3 Å². The van der Waals surface area contributed by atoms with Crippen molar-refractivity contribution in [2.75, 3.05) is 19.1 Å². The molecule has 5 aromatic rings. The van der Waals surface area contributed by atoms with Crippen molar-refractivity contribution in [2.24, 2.45) is 5.16 Å². The summed E-state index contributed by atoms with van der Waals surface area (Å²) in [5.41, 5.74) is 4.94. The summed E-state index contributed by atoms with van der Waals surface area (Å²) in [5, 5.41) is 7.56. The van der Waals surface area contributed by atoms with Crippen LogP contribution in [0, 0.1) is 0 Å². The summed E-state index contributed by atoms with van der Waals surface area (Å²) < 4.78 is 3.43. The second-order valence-electron chi connectivity index (χ2n) is 8.07. The van der Waals surface area contributed by atoms with Crippen molar-refractivity contribution in [3.63, 3.8) is 0 Å². The molecule has 5 rings (SSSR count). The lowest BCUT2D eigenvalue weighted by Gasteiger charge is -2.06. The third-order valence-electron chi connectivity index (χ3n) is 5.91. The normalized spacial score (nSPS) is 11.5. The molecule has 3 aromatic carbocycles. The third-order valence-corrected chi connectivity index (χ3v) is 7.59. The molecule has 0 bridgehead atoms. The van der Waals surface area contributed by atoms with Crippen molar-refractivity contribution in [1.29, 1.82) is 0 Å². The maximum absolute atomic E-state index is 13.4. The number of aldehydes is 1. The van der Waals surface area contributed by atoms with Gasteiger partial charge in [-0.1, -0.05) is 29.4 Å². The van der Waals surface area contributed by atoms with Crippen molar-refractivity contribution in [2.45, 2.75) is 20.4 Å². The maximum atomic E-state index is 13.4. The van der Waals surface area contributed by atoms with Gasteiger partial charge in [0, 0.05) is 49.9 Å². The molecule has 184 valence electrons. The quantitative estimate of drug-likeness (QED) is 0.0995. The summed E-state index contributed by atoms with van der Waals surface area (Å²) in [7, 11) is 1.58. The van der Waals surface area contributed by atoms with Gasteiger partial charge in [0.15, 0.2) is 0 Å². The van der Waals surface area contributed by atoms with E-state index in [2.05, 4.69) is 59.3 Å². The Labute approximate surface area is 218 Å². The topological polar surface area (TPSA) is 60.7 Å². The zero-order chi connectivity index (χ0) is 25.7. The predicted molar refractivity (Wildman–Crippen MR) is 154 cm³/mol. The molecule has 5 nitrogen and oxygen atoms in total. The monoisotopic (exact) mass is 516 g/mol. The molecule has 36 heavy (non-hydrogen) atoms. The predicted octanol–water partition coefficient (Wildman–Crippen LogP) is 7.18. The van der Waals surface area contributed by atoms with E-state index in [9.17, 15) is 4.79 Å². The molecule has 0 aliphatic carbocycles. The molecule has 0 radical (unpaired) electrons. The van der Waals surface area contributed by atoms with Gasteiger partial charge in [-0.2, -0.15) is 11.8 Å². The summed E-state index contributed by atoms with van der Waals surface area (Å²) in [4.78, 5) is 28.0. The van der Waals surface area contributed by atoms with Crippen LogP contribution in [0.25, 0.3) is 31.9 Å². The summed E-state index contributed by atoms with van der Waals surface area (Å²) in [6, 6.07) is 22.6. The van der Waals surface area contributed by atoms with E-state index in [1.165, 1.54) is 6.92 Å². The highest BCUT2D eigenvalue weighted by molar-refractivity contribution is 7.99. The fraction of sp³-hybridized carbons (Fsp3) is 0.207. The van der Waals surface area contributed by atoms with E-state index in [0.717, 1.165) is 66.6 Å². The van der Waals surface area contributed by atoms with Crippen molar-refractivity contribution >= 4 is 72.8 Å². The first-order valence-corrected chi connectivity index (χ1v) is 13.9. The van der Waals surface area contributed by atoms with E-state index < -0.39 is 0 Å². The molecule has 0 fully saturated rings. The first-order valence-electron chi connectivity index (χ1n) is 11.6. The number of ketones is 1. The van der Waals surface area contributed by atoms with E-state index in [1.54, 1.807) is 30.2 Å². The SMILES string of the molecule is CC=O.CCn1c2ccc(C(=O)c3cc4ccccc4s3)cc2c2cc(/C(CSC)=N/OC)ccc21. The van der Waals surface area contributed by atoms with Gasteiger partial charge >= 0.3 is 0 Å². The standard InChI is InChI=1S/C27H24N2O2S2.C2H4O/c1-4-29-23-11-9-17(22(16-32-3)28-31-2)13-20(23)21-14-19(10-12-24(21)29)27(30)26-15-18-7-5-6-8-25(18)33-26;1-2-3/h5-15H,4,16H2,1-3H3;2H,1H3/b28-22+;. The summed E-state index contributed by atoms with van der Waals surface area (Å²) in [6.45, 7) is 4.45. The van der Waals surface area contributed by atoms with E-state index in [-0.39, 0.29) is 5.78 Å². The van der Waals surface area contributed by atoms with E-state index in [1.807, 2.05) is 30.3 Å². The lowest BCUT2D eigenvalue weighted by Crippen LogP contribution is -2.05. The highest BCUT2D eigenvalue weighted by Gasteiger charge is 2.17. The number of hydrogen-bond acceptors (Lipinski definition) is 6. The van der Waals surface area contributed by atoms with Crippen LogP contribution in [0.1, 0.15) is 34.6 Å². The van der Waals surface area contributed by atoms with Gasteiger partial charge in [0.2, 0.25) is 5.78 Å². The zero-order valence-electron chi connectivity index (χ0n) is 20.8. The summed E-state index contributed by atoms with van der Waals surface area (Å²) in [5.74, 6) is 0.831. The van der Waals surface area contributed by atoms with E-state index in [4.69, 9.17) is 9.63 Å². The molecule has 2 aromatic heterocycles. The van der Waals surface area contributed by atoms with Crippen LogP contribution in [0.2, 0.25) is 0 Å². The van der Waals surface area contributed by atoms with Crippen molar-refractivity contribution in [3.8, 4) is 0 Å². The first-order chi connectivity index (χ1) is 17.6. The number of benzene rings is 3. The Hall–Kier alpha value is -3.42. The Morgan fingerprint density at radius 2 is 1.67 bits per heavy atom. The zero-order valence-corrected chi connectivity index (χ0v) is 22.4. The minimum atomic E-state index is 0.0654. The number of aryl methyl sites for hydroxylation is 1. The molecule has 7 heteroatoms. The van der Waals surface area contributed by atoms with Crippen LogP contribution in [0.3, 0.4) is 0 Å². The second kappa shape index (κ2) is 11.5. The highest BCUT2D eigenvalue weighted by atomic mass is 32.2. The Morgan fingerprint density at radius 3 is 2.28 bits per heavy atom. The van der Waals surface area contributed by atoms with Crippen molar-refractivity contribution in [3.05, 3.63) is 82.7 Å². The Bertz CT molecular complexity index is 1550. The molecule has 0 unspecified atom stereocenters. The molecule has 0 spiro atoms. The van der Waals surface area contributed by atoms with Gasteiger partial charge in [0.1, 0.15) is 13.4 Å². The number of fused-ring (bicyclic) bond motifs is 4.